The highest BCUT2D eigenvalue weighted by Gasteiger charge is 2.28. The summed E-state index contributed by atoms with van der Waals surface area (Å²) in [6, 6.07) is -0.180. The fourth-order valence-electron chi connectivity index (χ4n) is 4.86. The SMILES string of the molecule is CCCCCCCCCCn1cc(C(=O)O)c(=O)c2c(F)c(F)c(NC3CCCCC3)c(F)c21. The van der Waals surface area contributed by atoms with Crippen LogP contribution in [0.1, 0.15) is 101 Å². The largest absolute Gasteiger partial charge is 0.477 e. The number of anilines is 1. The van der Waals surface area contributed by atoms with Crippen molar-refractivity contribution in [2.45, 2.75) is 103 Å². The van der Waals surface area contributed by atoms with Crippen LogP contribution in [0.4, 0.5) is 18.9 Å². The van der Waals surface area contributed by atoms with Gasteiger partial charge >= 0.3 is 5.97 Å². The Balaban J connectivity index is 1.93. The molecule has 0 unspecified atom stereocenters. The molecule has 1 heterocycles. The number of carboxylic acids is 1. The molecule has 0 saturated heterocycles. The number of aromatic carboxylic acids is 1. The molecule has 0 amide bonds. The van der Waals surface area contributed by atoms with Gasteiger partial charge in [-0.15, -0.1) is 0 Å². The van der Waals surface area contributed by atoms with Gasteiger partial charge in [0, 0.05) is 18.8 Å². The Labute approximate surface area is 198 Å². The Kier molecular flexibility index (Phi) is 9.42. The van der Waals surface area contributed by atoms with Crippen LogP contribution in [0.3, 0.4) is 0 Å². The third kappa shape index (κ3) is 5.94. The van der Waals surface area contributed by atoms with Gasteiger partial charge < -0.3 is 15.0 Å². The second-order valence-corrected chi connectivity index (χ2v) is 9.37. The van der Waals surface area contributed by atoms with Crippen LogP contribution in [0.25, 0.3) is 10.9 Å². The van der Waals surface area contributed by atoms with Gasteiger partial charge in [0.25, 0.3) is 0 Å². The number of halogens is 3. The maximum Gasteiger partial charge on any atom is 0.341 e. The minimum Gasteiger partial charge on any atom is -0.477 e. The molecule has 1 aromatic heterocycles. The topological polar surface area (TPSA) is 71.3 Å². The molecular formula is C26H35F3N2O3. The van der Waals surface area contributed by atoms with Gasteiger partial charge in [0.05, 0.1) is 10.9 Å². The first-order chi connectivity index (χ1) is 16.4. The van der Waals surface area contributed by atoms with Crippen LogP contribution in [0.5, 0.6) is 0 Å². The van der Waals surface area contributed by atoms with E-state index in [0.29, 0.717) is 6.42 Å². The molecule has 2 N–H and O–H groups in total. The van der Waals surface area contributed by atoms with Crippen molar-refractivity contribution in [3.63, 3.8) is 0 Å². The van der Waals surface area contributed by atoms with E-state index in [1.54, 1.807) is 0 Å². The van der Waals surface area contributed by atoms with E-state index in [4.69, 9.17) is 0 Å². The number of hydrogen-bond acceptors (Lipinski definition) is 3. The number of hydrogen-bond donors (Lipinski definition) is 2. The molecule has 0 aliphatic heterocycles. The standard InChI is InChI=1S/C26H35F3N2O3/c1-2-3-4-5-6-7-8-12-15-31-16-18(26(33)34)25(32)19-20(27)21(28)23(22(29)24(19)31)30-17-13-10-9-11-14-17/h16-17,30H,2-15H2,1H3,(H,33,34). The molecule has 34 heavy (non-hydrogen) atoms. The van der Waals surface area contributed by atoms with Crippen molar-refractivity contribution in [3.05, 3.63) is 39.4 Å². The van der Waals surface area contributed by atoms with E-state index in [2.05, 4.69) is 12.2 Å². The molecule has 1 fully saturated rings. The number of pyridine rings is 1. The summed E-state index contributed by atoms with van der Waals surface area (Å²) in [6.45, 7) is 2.36. The van der Waals surface area contributed by atoms with Crippen molar-refractivity contribution in [1.82, 2.24) is 4.57 Å². The zero-order valence-electron chi connectivity index (χ0n) is 19.9. The maximum absolute atomic E-state index is 15.6. The van der Waals surface area contributed by atoms with Crippen LogP contribution in [-0.4, -0.2) is 21.7 Å². The zero-order valence-corrected chi connectivity index (χ0v) is 19.9. The van der Waals surface area contributed by atoms with Crippen LogP contribution in [0, 0.1) is 17.5 Å². The van der Waals surface area contributed by atoms with Crippen LogP contribution < -0.4 is 10.7 Å². The average Bonchev–Trinajstić information content (AvgIpc) is 2.83. The van der Waals surface area contributed by atoms with E-state index < -0.39 is 45.5 Å². The van der Waals surface area contributed by atoms with Crippen molar-refractivity contribution in [1.29, 1.82) is 0 Å². The minimum atomic E-state index is -1.55. The molecule has 1 aliphatic rings. The number of carboxylic acid groups (broad SMARTS) is 1. The number of aromatic nitrogens is 1. The Bertz CT molecular complexity index is 1060. The molecule has 1 aromatic carbocycles. The highest BCUT2D eigenvalue weighted by atomic mass is 19.2. The summed E-state index contributed by atoms with van der Waals surface area (Å²) in [5.41, 5.74) is -2.87. The highest BCUT2D eigenvalue weighted by Crippen LogP contribution is 2.32. The second kappa shape index (κ2) is 12.3. The maximum atomic E-state index is 15.6. The number of nitrogens with one attached hydrogen (secondary N) is 1. The predicted octanol–water partition coefficient (Wildman–Crippen LogP) is 7.00. The van der Waals surface area contributed by atoms with E-state index in [-0.39, 0.29) is 18.1 Å². The summed E-state index contributed by atoms with van der Waals surface area (Å²) in [4.78, 5) is 24.3. The van der Waals surface area contributed by atoms with E-state index in [1.807, 2.05) is 0 Å². The molecule has 2 aromatic rings. The Morgan fingerprint density at radius 2 is 1.59 bits per heavy atom. The van der Waals surface area contributed by atoms with Crippen LogP contribution in [0.2, 0.25) is 0 Å². The molecule has 0 bridgehead atoms. The molecule has 5 nitrogen and oxygen atoms in total. The summed E-state index contributed by atoms with van der Waals surface area (Å²) in [7, 11) is 0. The number of fused-ring (bicyclic) bond motifs is 1. The van der Waals surface area contributed by atoms with E-state index in [9.17, 15) is 19.1 Å². The minimum absolute atomic E-state index is 0.180. The lowest BCUT2D eigenvalue weighted by Crippen LogP contribution is -2.26. The lowest BCUT2D eigenvalue weighted by molar-refractivity contribution is 0.0694. The third-order valence-corrected chi connectivity index (χ3v) is 6.78. The number of aryl methyl sites for hydroxylation is 1. The highest BCUT2D eigenvalue weighted by molar-refractivity contribution is 5.94. The Morgan fingerprint density at radius 3 is 2.21 bits per heavy atom. The second-order valence-electron chi connectivity index (χ2n) is 9.37. The summed E-state index contributed by atoms with van der Waals surface area (Å²) >= 11 is 0. The fraction of sp³-hybridized carbons (Fsp3) is 0.615. The van der Waals surface area contributed by atoms with E-state index >= 15 is 8.78 Å². The third-order valence-electron chi connectivity index (χ3n) is 6.78. The van der Waals surface area contributed by atoms with Crippen molar-refractivity contribution < 1.29 is 23.1 Å². The van der Waals surface area contributed by atoms with Crippen LogP contribution >= 0.6 is 0 Å². The van der Waals surface area contributed by atoms with Crippen molar-refractivity contribution >= 4 is 22.6 Å². The monoisotopic (exact) mass is 480 g/mol. The molecule has 188 valence electrons. The molecule has 0 spiro atoms. The van der Waals surface area contributed by atoms with Gasteiger partial charge in [0.1, 0.15) is 11.3 Å². The molecule has 8 heteroatoms. The fourth-order valence-corrected chi connectivity index (χ4v) is 4.86. The van der Waals surface area contributed by atoms with E-state index in [1.165, 1.54) is 23.8 Å². The van der Waals surface area contributed by atoms with Gasteiger partial charge in [-0.3, -0.25) is 4.79 Å². The van der Waals surface area contributed by atoms with E-state index in [0.717, 1.165) is 64.0 Å². The number of carbonyl (C=O) groups is 1. The van der Waals surface area contributed by atoms with Gasteiger partial charge in [0.2, 0.25) is 5.43 Å². The molecule has 3 rings (SSSR count). The normalized spacial score (nSPS) is 14.6. The van der Waals surface area contributed by atoms with Gasteiger partial charge in [-0.25, -0.2) is 18.0 Å². The number of unbranched alkanes of at least 4 members (excludes halogenated alkanes) is 7. The molecule has 1 saturated carbocycles. The summed E-state index contributed by atoms with van der Waals surface area (Å²) in [5.74, 6) is -5.59. The van der Waals surface area contributed by atoms with Crippen molar-refractivity contribution in [2.75, 3.05) is 5.32 Å². The summed E-state index contributed by atoms with van der Waals surface area (Å²) in [5, 5.41) is 11.4. The first-order valence-electron chi connectivity index (χ1n) is 12.6. The smallest absolute Gasteiger partial charge is 0.341 e. The van der Waals surface area contributed by atoms with Crippen molar-refractivity contribution in [2.24, 2.45) is 0 Å². The molecule has 1 aliphatic carbocycles. The summed E-state index contributed by atoms with van der Waals surface area (Å²) in [6.07, 6.45) is 13.6. The molecular weight excluding hydrogens is 445 g/mol. The van der Waals surface area contributed by atoms with Crippen molar-refractivity contribution in [3.8, 4) is 0 Å². The first kappa shape index (κ1) is 26.1. The summed E-state index contributed by atoms with van der Waals surface area (Å²) < 4.78 is 46.9. The van der Waals surface area contributed by atoms with Gasteiger partial charge in [-0.1, -0.05) is 71.1 Å². The zero-order chi connectivity index (χ0) is 24.7. The van der Waals surface area contributed by atoms with Gasteiger partial charge in [0.15, 0.2) is 17.5 Å². The molecule has 0 radical (unpaired) electrons. The Hall–Kier alpha value is -2.51. The number of rotatable bonds is 12. The number of nitrogens with zero attached hydrogens (tertiary/aromatic N) is 1. The first-order valence-corrected chi connectivity index (χ1v) is 12.6. The molecule has 0 atom stereocenters. The lowest BCUT2D eigenvalue weighted by Gasteiger charge is -2.25. The van der Waals surface area contributed by atoms with Gasteiger partial charge in [-0.2, -0.15) is 0 Å². The van der Waals surface area contributed by atoms with Crippen LogP contribution in [-0.2, 0) is 6.54 Å². The Morgan fingerprint density at radius 1 is 0.971 bits per heavy atom. The lowest BCUT2D eigenvalue weighted by atomic mass is 9.95. The average molecular weight is 481 g/mol. The van der Waals surface area contributed by atoms with Crippen LogP contribution in [0.15, 0.2) is 11.0 Å². The number of benzene rings is 1. The predicted molar refractivity (Wildman–Crippen MR) is 128 cm³/mol. The van der Waals surface area contributed by atoms with Gasteiger partial charge in [-0.05, 0) is 19.3 Å². The quantitative estimate of drug-likeness (QED) is 0.253.